The number of aromatic nitrogens is 1. The topological polar surface area (TPSA) is 62.7 Å². The molecule has 1 aliphatic rings. The van der Waals surface area contributed by atoms with Gasteiger partial charge in [-0.25, -0.2) is 4.39 Å². The molecule has 34 heavy (non-hydrogen) atoms. The summed E-state index contributed by atoms with van der Waals surface area (Å²) >= 11 is 0. The zero-order chi connectivity index (χ0) is 24.1. The van der Waals surface area contributed by atoms with E-state index in [-0.39, 0.29) is 12.2 Å². The van der Waals surface area contributed by atoms with Crippen LogP contribution in [0.4, 0.5) is 10.1 Å². The maximum absolute atomic E-state index is 13.1. The van der Waals surface area contributed by atoms with Crippen LogP contribution in [0.25, 0.3) is 11.1 Å². The van der Waals surface area contributed by atoms with E-state index < -0.39 is 5.97 Å². The lowest BCUT2D eigenvalue weighted by Crippen LogP contribution is -2.38. The summed E-state index contributed by atoms with van der Waals surface area (Å²) in [4.78, 5) is 18.2. The minimum Gasteiger partial charge on any atom is -0.493 e. The molecule has 0 unspecified atom stereocenters. The maximum Gasteiger partial charge on any atom is 0.307 e. The van der Waals surface area contributed by atoms with E-state index in [2.05, 4.69) is 23.7 Å². The van der Waals surface area contributed by atoms with Gasteiger partial charge in [-0.1, -0.05) is 38.1 Å². The lowest BCUT2D eigenvalue weighted by molar-refractivity contribution is -0.136. The van der Waals surface area contributed by atoms with Gasteiger partial charge in [0.2, 0.25) is 0 Å². The van der Waals surface area contributed by atoms with Crippen molar-refractivity contribution in [1.29, 1.82) is 0 Å². The van der Waals surface area contributed by atoms with E-state index in [1.165, 1.54) is 12.1 Å². The van der Waals surface area contributed by atoms with E-state index in [9.17, 15) is 14.3 Å². The highest BCUT2D eigenvalue weighted by Gasteiger charge is 2.28. The molecule has 0 amide bonds. The molecule has 6 heteroatoms. The van der Waals surface area contributed by atoms with Crippen molar-refractivity contribution >= 4 is 11.7 Å². The molecule has 0 radical (unpaired) electrons. The number of carboxylic acid groups (broad SMARTS) is 1. The number of halogens is 1. The summed E-state index contributed by atoms with van der Waals surface area (Å²) < 4.78 is 18.9. The van der Waals surface area contributed by atoms with Gasteiger partial charge in [-0.3, -0.25) is 9.78 Å². The van der Waals surface area contributed by atoms with Crippen LogP contribution in [0.1, 0.15) is 37.8 Å². The van der Waals surface area contributed by atoms with Crippen LogP contribution < -0.4 is 9.64 Å². The number of pyridine rings is 1. The number of carboxylic acids is 1. The minimum absolute atomic E-state index is 0.0549. The number of hydrogen-bond acceptors (Lipinski definition) is 4. The Hall–Kier alpha value is -3.41. The molecule has 0 saturated carbocycles. The Bertz CT molecular complexity index is 1120. The van der Waals surface area contributed by atoms with Crippen molar-refractivity contribution in [2.45, 2.75) is 39.5 Å². The highest BCUT2D eigenvalue weighted by atomic mass is 19.1. The van der Waals surface area contributed by atoms with E-state index >= 15 is 0 Å². The van der Waals surface area contributed by atoms with Crippen LogP contribution >= 0.6 is 0 Å². The molecule has 2 aromatic carbocycles. The first-order valence-electron chi connectivity index (χ1n) is 11.7. The molecule has 1 fully saturated rings. The van der Waals surface area contributed by atoms with Crippen LogP contribution in [0.5, 0.6) is 5.75 Å². The Morgan fingerprint density at radius 3 is 2.38 bits per heavy atom. The number of hydrogen-bond donors (Lipinski definition) is 1. The molecule has 1 saturated heterocycles. The van der Waals surface area contributed by atoms with Crippen LogP contribution in [0.3, 0.4) is 0 Å². The molecule has 1 aliphatic heterocycles. The molecule has 1 N–H and O–H groups in total. The predicted molar refractivity (Wildman–Crippen MR) is 132 cm³/mol. The molecular formula is C28H31FN2O3. The summed E-state index contributed by atoms with van der Waals surface area (Å²) in [6, 6.07) is 14.3. The van der Waals surface area contributed by atoms with E-state index in [1.807, 2.05) is 30.5 Å². The summed E-state index contributed by atoms with van der Waals surface area (Å²) in [5.74, 6) is -0.348. The van der Waals surface area contributed by atoms with Gasteiger partial charge in [0.15, 0.2) is 0 Å². The smallest absolute Gasteiger partial charge is 0.307 e. The van der Waals surface area contributed by atoms with Crippen molar-refractivity contribution in [3.8, 4) is 16.9 Å². The van der Waals surface area contributed by atoms with Crippen LogP contribution in [0.2, 0.25) is 0 Å². The molecule has 0 aliphatic carbocycles. The SMILES string of the molecule is CC1(C)CCN(c2c(CC(=O)O)cncc2-c2ccc(OCCc3ccc(F)cc3)cc2)CC1. The summed E-state index contributed by atoms with van der Waals surface area (Å²) in [6.45, 7) is 6.84. The zero-order valence-corrected chi connectivity index (χ0v) is 19.8. The van der Waals surface area contributed by atoms with Gasteiger partial charge in [-0.15, -0.1) is 0 Å². The van der Waals surface area contributed by atoms with Gasteiger partial charge in [0.05, 0.1) is 18.7 Å². The van der Waals surface area contributed by atoms with Crippen molar-refractivity contribution in [1.82, 2.24) is 4.98 Å². The van der Waals surface area contributed by atoms with Crippen molar-refractivity contribution in [2.24, 2.45) is 5.41 Å². The molecular weight excluding hydrogens is 431 g/mol. The number of benzene rings is 2. The first-order valence-corrected chi connectivity index (χ1v) is 11.7. The summed E-state index contributed by atoms with van der Waals surface area (Å²) in [5.41, 5.74) is 4.95. The number of carbonyl (C=O) groups is 1. The highest BCUT2D eigenvalue weighted by Crippen LogP contribution is 2.39. The molecule has 3 aromatic rings. The molecule has 4 rings (SSSR count). The molecule has 1 aromatic heterocycles. The van der Waals surface area contributed by atoms with E-state index in [1.54, 1.807) is 18.3 Å². The molecule has 178 valence electrons. The van der Waals surface area contributed by atoms with Crippen LogP contribution in [0, 0.1) is 11.2 Å². The molecule has 5 nitrogen and oxygen atoms in total. The first kappa shape index (κ1) is 23.7. The zero-order valence-electron chi connectivity index (χ0n) is 19.8. The van der Waals surface area contributed by atoms with Gasteiger partial charge < -0.3 is 14.7 Å². The van der Waals surface area contributed by atoms with E-state index in [4.69, 9.17) is 4.74 Å². The molecule has 0 spiro atoms. The van der Waals surface area contributed by atoms with Crippen LogP contribution in [0.15, 0.2) is 60.9 Å². The second-order valence-electron chi connectivity index (χ2n) is 9.67. The highest BCUT2D eigenvalue weighted by molar-refractivity contribution is 5.83. The Morgan fingerprint density at radius 1 is 1.06 bits per heavy atom. The van der Waals surface area contributed by atoms with Crippen molar-refractivity contribution in [2.75, 3.05) is 24.6 Å². The van der Waals surface area contributed by atoms with Crippen molar-refractivity contribution in [3.05, 3.63) is 77.9 Å². The largest absolute Gasteiger partial charge is 0.493 e. The normalized spacial score (nSPS) is 15.2. The van der Waals surface area contributed by atoms with Crippen LogP contribution in [-0.4, -0.2) is 35.8 Å². The van der Waals surface area contributed by atoms with Crippen LogP contribution in [-0.2, 0) is 17.6 Å². The third-order valence-corrected chi connectivity index (χ3v) is 6.51. The lowest BCUT2D eigenvalue weighted by Gasteiger charge is -2.39. The lowest BCUT2D eigenvalue weighted by atomic mass is 9.82. The van der Waals surface area contributed by atoms with Gasteiger partial charge in [0.25, 0.3) is 0 Å². The minimum atomic E-state index is -0.859. The predicted octanol–water partition coefficient (Wildman–Crippen LogP) is 5.76. The van der Waals surface area contributed by atoms with Crippen molar-refractivity contribution in [3.63, 3.8) is 0 Å². The number of piperidine rings is 1. The van der Waals surface area contributed by atoms with Gasteiger partial charge >= 0.3 is 5.97 Å². The second kappa shape index (κ2) is 10.2. The standard InChI is InChI=1S/C28H31FN2O3/c1-28(2)12-14-31(15-13-28)27-22(17-26(32)33)18-30-19-25(27)21-5-9-24(10-6-21)34-16-11-20-3-7-23(29)8-4-20/h3-10,18-19H,11-17H2,1-2H3,(H,32,33). The number of anilines is 1. The average Bonchev–Trinajstić information content (AvgIpc) is 2.81. The fourth-order valence-corrected chi connectivity index (χ4v) is 4.38. The summed E-state index contributed by atoms with van der Waals surface area (Å²) in [5, 5.41) is 9.47. The van der Waals surface area contributed by atoms with Gasteiger partial charge in [0.1, 0.15) is 11.6 Å². The van der Waals surface area contributed by atoms with Gasteiger partial charge in [-0.05, 0) is 53.6 Å². The fraction of sp³-hybridized carbons (Fsp3) is 0.357. The Morgan fingerprint density at radius 2 is 1.74 bits per heavy atom. The first-order chi connectivity index (χ1) is 16.3. The monoisotopic (exact) mass is 462 g/mol. The Kier molecular flexibility index (Phi) is 7.15. The Balaban J connectivity index is 1.52. The van der Waals surface area contributed by atoms with E-state index in [0.29, 0.717) is 18.4 Å². The number of nitrogens with zero attached hydrogens (tertiary/aromatic N) is 2. The molecule has 2 heterocycles. The molecule has 0 atom stereocenters. The Labute approximate surface area is 200 Å². The third kappa shape index (κ3) is 5.93. The number of ether oxygens (including phenoxy) is 1. The van der Waals surface area contributed by atoms with Gasteiger partial charge in [0, 0.05) is 43.0 Å². The summed E-state index contributed by atoms with van der Waals surface area (Å²) in [6.07, 6.45) is 6.26. The second-order valence-corrected chi connectivity index (χ2v) is 9.67. The average molecular weight is 463 g/mol. The van der Waals surface area contributed by atoms with Gasteiger partial charge in [-0.2, -0.15) is 0 Å². The fourth-order valence-electron chi connectivity index (χ4n) is 4.38. The molecule has 0 bridgehead atoms. The van der Waals surface area contributed by atoms with E-state index in [0.717, 1.165) is 59.6 Å². The van der Waals surface area contributed by atoms with Crippen molar-refractivity contribution < 1.29 is 19.0 Å². The number of rotatable bonds is 8. The number of aliphatic carboxylic acids is 1. The quantitative estimate of drug-likeness (QED) is 0.461. The summed E-state index contributed by atoms with van der Waals surface area (Å²) in [7, 11) is 0. The maximum atomic E-state index is 13.1. The third-order valence-electron chi connectivity index (χ3n) is 6.51.